The third-order valence-corrected chi connectivity index (χ3v) is 7.77. The zero-order chi connectivity index (χ0) is 23.1. The average molecular weight is 463 g/mol. The van der Waals surface area contributed by atoms with E-state index in [9.17, 15) is 21.6 Å². The Morgan fingerprint density at radius 3 is 2.26 bits per heavy atom. The molecule has 1 aliphatic rings. The number of benzene rings is 1. The second kappa shape index (κ2) is 11.4. The summed E-state index contributed by atoms with van der Waals surface area (Å²) in [6, 6.07) is 3.65. The van der Waals surface area contributed by atoms with Crippen molar-refractivity contribution in [2.45, 2.75) is 43.7 Å². The van der Waals surface area contributed by atoms with E-state index in [0.717, 1.165) is 63.0 Å². The predicted octanol–water partition coefficient (Wildman–Crippen LogP) is 4.00. The molecule has 5 nitrogen and oxygen atoms in total. The van der Waals surface area contributed by atoms with Gasteiger partial charge in [-0.2, -0.15) is 13.2 Å². The van der Waals surface area contributed by atoms with Crippen molar-refractivity contribution < 1.29 is 26.7 Å². The van der Waals surface area contributed by atoms with Crippen molar-refractivity contribution in [1.29, 1.82) is 0 Å². The van der Waals surface area contributed by atoms with E-state index >= 15 is 0 Å². The molecule has 0 unspecified atom stereocenters. The molecule has 1 saturated carbocycles. The molecule has 1 aromatic carbocycles. The molecule has 0 heterocycles. The molecule has 0 spiro atoms. The Morgan fingerprint density at radius 2 is 1.74 bits per heavy atom. The van der Waals surface area contributed by atoms with Crippen LogP contribution in [-0.4, -0.2) is 62.6 Å². The average Bonchev–Trinajstić information content (AvgIpc) is 2.73. The van der Waals surface area contributed by atoms with Crippen molar-refractivity contribution in [2.75, 3.05) is 39.8 Å². The fourth-order valence-electron chi connectivity index (χ4n) is 3.94. The van der Waals surface area contributed by atoms with Gasteiger partial charge in [0.2, 0.25) is 10.0 Å². The van der Waals surface area contributed by atoms with E-state index in [4.69, 9.17) is 5.11 Å². The highest BCUT2D eigenvalue weighted by Gasteiger charge is 2.31. The molecule has 2 rings (SSSR count). The lowest BCUT2D eigenvalue weighted by atomic mass is 9.82. The Labute approximate surface area is 183 Å². The second-order valence-corrected chi connectivity index (χ2v) is 10.2. The number of hydrogen-bond acceptors (Lipinski definition) is 4. The third kappa shape index (κ3) is 7.59. The van der Waals surface area contributed by atoms with Crippen LogP contribution in [0.15, 0.2) is 41.3 Å². The zero-order valence-electron chi connectivity index (χ0n) is 18.2. The number of nitrogens with zero attached hydrogens (tertiary/aromatic N) is 2. The summed E-state index contributed by atoms with van der Waals surface area (Å²) in [4.78, 5) is 2.03. The number of allylic oxidation sites excluding steroid dienone is 1. The highest BCUT2D eigenvalue weighted by Crippen LogP contribution is 2.32. The van der Waals surface area contributed by atoms with Crippen LogP contribution in [0.25, 0.3) is 0 Å². The van der Waals surface area contributed by atoms with Crippen LogP contribution in [0.1, 0.15) is 38.2 Å². The number of halogens is 3. The van der Waals surface area contributed by atoms with Crippen LogP contribution in [0.2, 0.25) is 0 Å². The van der Waals surface area contributed by atoms with E-state index in [1.807, 2.05) is 0 Å². The zero-order valence-corrected chi connectivity index (χ0v) is 19.0. The summed E-state index contributed by atoms with van der Waals surface area (Å²) in [7, 11) is -2.33. The lowest BCUT2D eigenvalue weighted by Gasteiger charge is -2.30. The molecule has 0 aliphatic heterocycles. The lowest BCUT2D eigenvalue weighted by Crippen LogP contribution is -2.33. The van der Waals surface area contributed by atoms with Crippen molar-refractivity contribution in [3.05, 3.63) is 42.0 Å². The van der Waals surface area contributed by atoms with Gasteiger partial charge in [0.15, 0.2) is 0 Å². The van der Waals surface area contributed by atoms with Crippen LogP contribution in [0, 0.1) is 11.8 Å². The standard InChI is InChI=1S/C22H33F3N2O3S/c1-3-27(15-16-28)14-4-5-18-6-8-19(9-7-18)17-26(2)31(29,30)21-12-10-20(11-13-21)22(23,24)25/h4-5,10-13,18-19,28H,3,6-9,14-17H2,1-2H3. The van der Waals surface area contributed by atoms with Crippen molar-refractivity contribution in [3.63, 3.8) is 0 Å². The molecule has 0 atom stereocenters. The highest BCUT2D eigenvalue weighted by atomic mass is 32.2. The predicted molar refractivity (Wildman–Crippen MR) is 115 cm³/mol. The van der Waals surface area contributed by atoms with Crippen LogP contribution < -0.4 is 0 Å². The van der Waals surface area contributed by atoms with Crippen LogP contribution in [0.5, 0.6) is 0 Å². The van der Waals surface area contributed by atoms with Gasteiger partial charge in [0.25, 0.3) is 0 Å². The van der Waals surface area contributed by atoms with Crippen LogP contribution in [0.3, 0.4) is 0 Å². The monoisotopic (exact) mass is 462 g/mol. The first kappa shape index (κ1) is 25.8. The molecule has 176 valence electrons. The lowest BCUT2D eigenvalue weighted by molar-refractivity contribution is -0.137. The first-order valence-corrected chi connectivity index (χ1v) is 12.2. The van der Waals surface area contributed by atoms with E-state index in [0.29, 0.717) is 19.0 Å². The number of likely N-dealkylation sites (N-methyl/N-ethyl adjacent to an activating group) is 1. The molecule has 1 aromatic rings. The minimum absolute atomic E-state index is 0.122. The maximum absolute atomic E-state index is 12.7. The first-order chi connectivity index (χ1) is 14.6. The topological polar surface area (TPSA) is 60.9 Å². The second-order valence-electron chi connectivity index (χ2n) is 8.13. The van der Waals surface area contributed by atoms with Gasteiger partial charge >= 0.3 is 6.18 Å². The van der Waals surface area contributed by atoms with E-state index in [2.05, 4.69) is 24.0 Å². The van der Waals surface area contributed by atoms with Gasteiger partial charge in [-0.05, 0) is 68.3 Å². The SMILES string of the molecule is CCN(CC=CC1CCC(CN(C)S(=O)(=O)c2ccc(C(F)(F)F)cc2)CC1)CCO. The summed E-state index contributed by atoms with van der Waals surface area (Å²) in [6.07, 6.45) is 3.67. The summed E-state index contributed by atoms with van der Waals surface area (Å²) in [5, 5.41) is 9.03. The van der Waals surface area contributed by atoms with E-state index < -0.39 is 21.8 Å². The van der Waals surface area contributed by atoms with Crippen molar-refractivity contribution >= 4 is 10.0 Å². The van der Waals surface area contributed by atoms with Gasteiger partial charge < -0.3 is 5.11 Å². The third-order valence-electron chi connectivity index (χ3n) is 5.93. The van der Waals surface area contributed by atoms with Gasteiger partial charge in [0.1, 0.15) is 0 Å². The first-order valence-electron chi connectivity index (χ1n) is 10.7. The molecule has 0 radical (unpaired) electrons. The van der Waals surface area contributed by atoms with Gasteiger partial charge in [-0.15, -0.1) is 0 Å². The highest BCUT2D eigenvalue weighted by molar-refractivity contribution is 7.89. The number of sulfonamides is 1. The van der Waals surface area contributed by atoms with Crippen molar-refractivity contribution in [2.24, 2.45) is 11.8 Å². The number of rotatable bonds is 10. The van der Waals surface area contributed by atoms with Crippen LogP contribution in [0.4, 0.5) is 13.2 Å². The van der Waals surface area contributed by atoms with Gasteiger partial charge in [0, 0.05) is 26.7 Å². The fourth-order valence-corrected chi connectivity index (χ4v) is 5.19. The van der Waals surface area contributed by atoms with Gasteiger partial charge in [0.05, 0.1) is 17.1 Å². The molecule has 1 fully saturated rings. The minimum Gasteiger partial charge on any atom is -0.395 e. The summed E-state index contributed by atoms with van der Waals surface area (Å²) < 4.78 is 64.8. The molecule has 31 heavy (non-hydrogen) atoms. The molecule has 1 aliphatic carbocycles. The summed E-state index contributed by atoms with van der Waals surface area (Å²) in [5.41, 5.74) is -0.862. The molecule has 0 aromatic heterocycles. The molecule has 0 bridgehead atoms. The minimum atomic E-state index is -4.49. The molecule has 0 saturated heterocycles. The Hall–Kier alpha value is -1.42. The van der Waals surface area contributed by atoms with Gasteiger partial charge in [-0.25, -0.2) is 12.7 Å². The Bertz CT molecular complexity index is 802. The van der Waals surface area contributed by atoms with E-state index in [1.54, 1.807) is 0 Å². The number of alkyl halides is 3. The van der Waals surface area contributed by atoms with E-state index in [-0.39, 0.29) is 17.4 Å². The molecule has 9 heteroatoms. The molecule has 1 N–H and O–H groups in total. The normalized spacial score (nSPS) is 20.8. The van der Waals surface area contributed by atoms with Gasteiger partial charge in [-0.1, -0.05) is 19.1 Å². The van der Waals surface area contributed by atoms with Crippen LogP contribution in [-0.2, 0) is 16.2 Å². The molecule has 0 amide bonds. The maximum atomic E-state index is 12.7. The Balaban J connectivity index is 1.86. The Kier molecular flexibility index (Phi) is 9.54. The number of aliphatic hydroxyl groups excluding tert-OH is 1. The fraction of sp³-hybridized carbons (Fsp3) is 0.636. The quantitative estimate of drug-likeness (QED) is 0.534. The summed E-state index contributed by atoms with van der Waals surface area (Å²) in [5.74, 6) is 0.710. The van der Waals surface area contributed by atoms with Gasteiger partial charge in [-0.3, -0.25) is 4.90 Å². The Morgan fingerprint density at radius 1 is 1.13 bits per heavy atom. The smallest absolute Gasteiger partial charge is 0.395 e. The van der Waals surface area contributed by atoms with E-state index in [1.165, 1.54) is 11.4 Å². The molecular weight excluding hydrogens is 429 g/mol. The van der Waals surface area contributed by atoms with Crippen molar-refractivity contribution in [1.82, 2.24) is 9.21 Å². The number of hydrogen-bond donors (Lipinski definition) is 1. The van der Waals surface area contributed by atoms with Crippen LogP contribution >= 0.6 is 0 Å². The van der Waals surface area contributed by atoms with Crippen molar-refractivity contribution in [3.8, 4) is 0 Å². The number of aliphatic hydroxyl groups is 1. The summed E-state index contributed by atoms with van der Waals surface area (Å²) in [6.45, 7) is 4.93. The summed E-state index contributed by atoms with van der Waals surface area (Å²) >= 11 is 0. The largest absolute Gasteiger partial charge is 0.416 e. The molecular formula is C22H33F3N2O3S. The maximum Gasteiger partial charge on any atom is 0.416 e.